The molecule has 1 unspecified atom stereocenters. The summed E-state index contributed by atoms with van der Waals surface area (Å²) in [5, 5.41) is 9.05. The molecule has 0 fully saturated rings. The molecule has 0 aromatic carbocycles. The minimum atomic E-state index is -1.02. The second-order valence-electron chi connectivity index (χ2n) is 5.52. The fourth-order valence-electron chi connectivity index (χ4n) is 2.13. The van der Waals surface area contributed by atoms with Crippen molar-refractivity contribution in [3.8, 4) is 36.5 Å². The molecule has 4 nitrogen and oxygen atoms in total. The largest absolute Gasteiger partial charge is 0.481 e. The van der Waals surface area contributed by atoms with Crippen LogP contribution in [0.4, 0.5) is 0 Å². The van der Waals surface area contributed by atoms with Crippen LogP contribution in [-0.4, -0.2) is 35.0 Å². The lowest BCUT2D eigenvalue weighted by atomic mass is 10.0. The normalized spacial score (nSPS) is 10.6. The number of hydrogen-bond donors (Lipinski definition) is 1. The van der Waals surface area contributed by atoms with E-state index in [4.69, 9.17) is 18.0 Å². The molecule has 1 atom stereocenters. The summed E-state index contributed by atoms with van der Waals surface area (Å²) in [5.41, 5.74) is 0. The number of rotatable bonds is 11. The Labute approximate surface area is 146 Å². The van der Waals surface area contributed by atoms with Gasteiger partial charge in [-0.3, -0.25) is 9.59 Å². The Hall–Kier alpha value is -2.38. The Morgan fingerprint density at radius 3 is 2.08 bits per heavy atom. The molecule has 0 aliphatic heterocycles. The second-order valence-corrected chi connectivity index (χ2v) is 5.52. The zero-order valence-electron chi connectivity index (χ0n) is 14.5. The van der Waals surface area contributed by atoms with Gasteiger partial charge in [0, 0.05) is 32.4 Å². The Kier molecular flexibility index (Phi) is 12.8. The van der Waals surface area contributed by atoms with Crippen LogP contribution in [0.25, 0.3) is 0 Å². The topological polar surface area (TPSA) is 57.6 Å². The van der Waals surface area contributed by atoms with Crippen molar-refractivity contribution < 1.29 is 14.7 Å². The molecule has 0 radical (unpaired) electrons. The van der Waals surface area contributed by atoms with Gasteiger partial charge < -0.3 is 10.0 Å². The number of carbonyl (C=O) groups excluding carboxylic acids is 1. The van der Waals surface area contributed by atoms with Gasteiger partial charge >= 0.3 is 5.97 Å². The maximum Gasteiger partial charge on any atom is 0.305 e. The average molecular weight is 329 g/mol. The average Bonchev–Trinajstić information content (AvgIpc) is 2.55. The number of carbonyl (C=O) groups is 2. The lowest BCUT2D eigenvalue weighted by Gasteiger charge is -2.24. The third kappa shape index (κ3) is 10.4. The standard InChI is InChI=1S/C20H27NO3/c1-4-7-10-11-14-18(17-19(22)23)20(24)21(15-12-8-5-2)16-13-9-6-3/h2-3,18H,4,7-10,12-13,15-17H2,1H3,(H,22,23). The molecule has 130 valence electrons. The number of carboxylic acids is 1. The van der Waals surface area contributed by atoms with Gasteiger partial charge in [0.25, 0.3) is 0 Å². The van der Waals surface area contributed by atoms with Crippen molar-refractivity contribution >= 4 is 11.9 Å². The highest BCUT2D eigenvalue weighted by Gasteiger charge is 2.24. The van der Waals surface area contributed by atoms with Crippen LogP contribution >= 0.6 is 0 Å². The maximum atomic E-state index is 12.7. The Morgan fingerprint density at radius 2 is 1.62 bits per heavy atom. The lowest BCUT2D eigenvalue weighted by Crippen LogP contribution is -2.38. The fourth-order valence-corrected chi connectivity index (χ4v) is 2.13. The van der Waals surface area contributed by atoms with Crippen LogP contribution in [0.2, 0.25) is 0 Å². The summed E-state index contributed by atoms with van der Waals surface area (Å²) in [4.78, 5) is 25.4. The summed E-state index contributed by atoms with van der Waals surface area (Å²) < 4.78 is 0. The van der Waals surface area contributed by atoms with E-state index in [9.17, 15) is 9.59 Å². The van der Waals surface area contributed by atoms with Gasteiger partial charge in [0.05, 0.1) is 6.42 Å². The van der Waals surface area contributed by atoms with Gasteiger partial charge in [-0.25, -0.2) is 0 Å². The summed E-state index contributed by atoms with van der Waals surface area (Å²) in [6, 6.07) is 0. The summed E-state index contributed by atoms with van der Waals surface area (Å²) >= 11 is 0. The number of hydrogen-bond acceptors (Lipinski definition) is 2. The van der Waals surface area contributed by atoms with Crippen LogP contribution in [0, 0.1) is 42.4 Å². The van der Waals surface area contributed by atoms with Crippen molar-refractivity contribution in [3.63, 3.8) is 0 Å². The number of unbranched alkanes of at least 4 members (excludes halogenated alkanes) is 4. The van der Waals surface area contributed by atoms with Crippen molar-refractivity contribution in [2.75, 3.05) is 13.1 Å². The zero-order chi connectivity index (χ0) is 18.2. The SMILES string of the molecule is C#CCCCN(CCCC#C)C(=O)C(C#CCCCC)CC(=O)O. The number of nitrogens with zero attached hydrogens (tertiary/aromatic N) is 1. The molecule has 1 N–H and O–H groups in total. The molecule has 1 amide bonds. The van der Waals surface area contributed by atoms with Gasteiger partial charge in [0.15, 0.2) is 0 Å². The molecule has 24 heavy (non-hydrogen) atoms. The molecule has 0 aromatic heterocycles. The second kappa shape index (κ2) is 14.2. The molecule has 0 rings (SSSR count). The van der Waals surface area contributed by atoms with E-state index in [-0.39, 0.29) is 12.3 Å². The van der Waals surface area contributed by atoms with Crippen molar-refractivity contribution in [2.45, 2.75) is 58.3 Å². The number of aliphatic carboxylic acids is 1. The first-order valence-electron chi connectivity index (χ1n) is 8.42. The molecule has 0 saturated carbocycles. The van der Waals surface area contributed by atoms with E-state index in [1.807, 2.05) is 0 Å². The van der Waals surface area contributed by atoms with Gasteiger partial charge in [-0.05, 0) is 19.3 Å². The number of amides is 1. The van der Waals surface area contributed by atoms with Crippen LogP contribution in [0.5, 0.6) is 0 Å². The Balaban J connectivity index is 4.99. The molecule has 4 heteroatoms. The van der Waals surface area contributed by atoms with Crippen LogP contribution in [0.15, 0.2) is 0 Å². The summed E-state index contributed by atoms with van der Waals surface area (Å²) in [6.07, 6.45) is 15.4. The van der Waals surface area contributed by atoms with Gasteiger partial charge in [0.1, 0.15) is 5.92 Å². The fraction of sp³-hybridized carbons (Fsp3) is 0.600. The van der Waals surface area contributed by atoms with E-state index >= 15 is 0 Å². The van der Waals surface area contributed by atoms with Gasteiger partial charge in [0.2, 0.25) is 5.91 Å². The zero-order valence-corrected chi connectivity index (χ0v) is 14.5. The monoisotopic (exact) mass is 329 g/mol. The molecule has 0 spiro atoms. The highest BCUT2D eigenvalue weighted by atomic mass is 16.4. The van der Waals surface area contributed by atoms with Crippen molar-refractivity contribution in [1.29, 1.82) is 0 Å². The minimum absolute atomic E-state index is 0.240. The van der Waals surface area contributed by atoms with E-state index in [1.54, 1.807) is 4.90 Å². The van der Waals surface area contributed by atoms with E-state index in [0.717, 1.165) is 12.8 Å². The van der Waals surface area contributed by atoms with Gasteiger partial charge in [-0.15, -0.1) is 30.6 Å². The molecule has 0 heterocycles. The molecule has 0 aromatic rings. The minimum Gasteiger partial charge on any atom is -0.481 e. The van der Waals surface area contributed by atoms with Crippen LogP contribution < -0.4 is 0 Å². The third-order valence-corrected chi connectivity index (χ3v) is 3.42. The molecule has 0 bridgehead atoms. The molecule has 0 saturated heterocycles. The highest BCUT2D eigenvalue weighted by molar-refractivity contribution is 5.85. The number of terminal acetylenes is 2. The summed E-state index contributed by atoms with van der Waals surface area (Å²) in [5.74, 6) is 8.80. The van der Waals surface area contributed by atoms with E-state index in [1.165, 1.54) is 0 Å². The quantitative estimate of drug-likeness (QED) is 0.468. The predicted octanol–water partition coefficient (Wildman–Crippen LogP) is 2.93. The number of carboxylic acid groups (broad SMARTS) is 1. The Bertz CT molecular complexity index is 508. The maximum absolute atomic E-state index is 12.7. The molecule has 0 aliphatic rings. The highest BCUT2D eigenvalue weighted by Crippen LogP contribution is 2.11. The van der Waals surface area contributed by atoms with Crippen molar-refractivity contribution in [1.82, 2.24) is 4.90 Å². The summed E-state index contributed by atoms with van der Waals surface area (Å²) in [6.45, 7) is 3.06. The smallest absolute Gasteiger partial charge is 0.305 e. The lowest BCUT2D eigenvalue weighted by molar-refractivity contribution is -0.143. The van der Waals surface area contributed by atoms with Gasteiger partial charge in [-0.1, -0.05) is 19.3 Å². The third-order valence-electron chi connectivity index (χ3n) is 3.42. The van der Waals surface area contributed by atoms with E-state index in [0.29, 0.717) is 45.2 Å². The Morgan fingerprint density at radius 1 is 1.04 bits per heavy atom. The van der Waals surface area contributed by atoms with Gasteiger partial charge in [-0.2, -0.15) is 0 Å². The predicted molar refractivity (Wildman–Crippen MR) is 95.8 cm³/mol. The summed E-state index contributed by atoms with van der Waals surface area (Å²) in [7, 11) is 0. The van der Waals surface area contributed by atoms with E-state index in [2.05, 4.69) is 30.6 Å². The van der Waals surface area contributed by atoms with Crippen molar-refractivity contribution in [2.24, 2.45) is 5.92 Å². The van der Waals surface area contributed by atoms with Crippen molar-refractivity contribution in [3.05, 3.63) is 0 Å². The van der Waals surface area contributed by atoms with E-state index < -0.39 is 11.9 Å². The first-order valence-corrected chi connectivity index (χ1v) is 8.42. The van der Waals surface area contributed by atoms with Crippen LogP contribution in [-0.2, 0) is 9.59 Å². The first kappa shape index (κ1) is 21.6. The van der Waals surface area contributed by atoms with Crippen LogP contribution in [0.1, 0.15) is 58.3 Å². The molecular weight excluding hydrogens is 302 g/mol. The van der Waals surface area contributed by atoms with Crippen LogP contribution in [0.3, 0.4) is 0 Å². The molecule has 0 aliphatic carbocycles. The molecular formula is C20H27NO3. The first-order chi connectivity index (χ1) is 11.6.